The molecule has 3 rings (SSSR count). The Hall–Kier alpha value is -2.62. The largest absolute Gasteiger partial charge is 0.449 e. The summed E-state index contributed by atoms with van der Waals surface area (Å²) in [7, 11) is 3.27. The van der Waals surface area contributed by atoms with Gasteiger partial charge in [-0.3, -0.25) is 14.5 Å². The number of piperazine rings is 1. The lowest BCUT2D eigenvalue weighted by atomic mass is 10.1. The minimum Gasteiger partial charge on any atom is -0.358 e. The number of nitrogens with zero attached hydrogens (tertiary/aromatic N) is 4. The third kappa shape index (κ3) is 3.75. The lowest BCUT2D eigenvalue weighted by Gasteiger charge is -2.38. The fourth-order valence-corrected chi connectivity index (χ4v) is 3.24. The van der Waals surface area contributed by atoms with Crippen molar-refractivity contribution < 1.29 is 22.8 Å². The van der Waals surface area contributed by atoms with Gasteiger partial charge in [0.15, 0.2) is 0 Å². The molecule has 2 aromatic rings. The van der Waals surface area contributed by atoms with Crippen LogP contribution in [-0.4, -0.2) is 70.9 Å². The Morgan fingerprint density at radius 2 is 1.96 bits per heavy atom. The van der Waals surface area contributed by atoms with Crippen molar-refractivity contribution in [2.45, 2.75) is 18.8 Å². The van der Waals surface area contributed by atoms with Gasteiger partial charge in [-0.25, -0.2) is 4.98 Å². The van der Waals surface area contributed by atoms with E-state index in [0.717, 1.165) is 4.57 Å². The van der Waals surface area contributed by atoms with Crippen LogP contribution in [0.15, 0.2) is 24.3 Å². The number of imidazole rings is 1. The fraction of sp³-hybridized carbons (Fsp3) is 0.471. The topological polar surface area (TPSA) is 70.5 Å². The number of alkyl halides is 3. The molecule has 7 nitrogen and oxygen atoms in total. The summed E-state index contributed by atoms with van der Waals surface area (Å²) in [4.78, 5) is 31.6. The van der Waals surface area contributed by atoms with E-state index >= 15 is 0 Å². The van der Waals surface area contributed by atoms with Crippen LogP contribution in [0, 0.1) is 0 Å². The lowest BCUT2D eigenvalue weighted by molar-refractivity contribution is -0.148. The van der Waals surface area contributed by atoms with Crippen LogP contribution >= 0.6 is 0 Å². The van der Waals surface area contributed by atoms with Crippen LogP contribution < -0.4 is 5.32 Å². The molecule has 27 heavy (non-hydrogen) atoms. The van der Waals surface area contributed by atoms with Crippen LogP contribution in [0.1, 0.15) is 5.82 Å². The van der Waals surface area contributed by atoms with E-state index in [0.29, 0.717) is 13.1 Å². The van der Waals surface area contributed by atoms with Gasteiger partial charge in [0.25, 0.3) is 0 Å². The number of amides is 2. The van der Waals surface area contributed by atoms with Gasteiger partial charge in [0.05, 0.1) is 11.0 Å². The van der Waals surface area contributed by atoms with Crippen molar-refractivity contribution >= 4 is 22.8 Å². The van der Waals surface area contributed by atoms with Crippen molar-refractivity contribution in [2.24, 2.45) is 0 Å². The molecular formula is C17H20F3N5O2. The highest BCUT2D eigenvalue weighted by molar-refractivity contribution is 5.84. The molecule has 2 amide bonds. The molecule has 0 radical (unpaired) electrons. The Balaban J connectivity index is 1.87. The molecule has 1 aromatic carbocycles. The number of hydrogen-bond donors (Lipinski definition) is 1. The molecule has 1 saturated heterocycles. The summed E-state index contributed by atoms with van der Waals surface area (Å²) >= 11 is 0. The molecule has 0 aliphatic carbocycles. The molecule has 1 aromatic heterocycles. The average molecular weight is 383 g/mol. The second-order valence-corrected chi connectivity index (χ2v) is 6.46. The Morgan fingerprint density at radius 3 is 2.63 bits per heavy atom. The zero-order valence-corrected chi connectivity index (χ0v) is 15.0. The van der Waals surface area contributed by atoms with E-state index < -0.39 is 30.5 Å². The second kappa shape index (κ2) is 7.18. The minimum absolute atomic E-state index is 0.128. The maximum atomic E-state index is 13.4. The van der Waals surface area contributed by atoms with Crippen LogP contribution in [0.4, 0.5) is 13.2 Å². The summed E-state index contributed by atoms with van der Waals surface area (Å²) in [6, 6.07) is 5.64. The number of halogens is 3. The number of carbonyl (C=O) groups is 2. The zero-order valence-electron chi connectivity index (χ0n) is 15.0. The first-order valence-corrected chi connectivity index (χ1v) is 8.44. The summed E-state index contributed by atoms with van der Waals surface area (Å²) in [5, 5.41) is 2.54. The van der Waals surface area contributed by atoms with Gasteiger partial charge < -0.3 is 14.8 Å². The summed E-state index contributed by atoms with van der Waals surface area (Å²) < 4.78 is 41.0. The number of nitrogens with one attached hydrogen (secondary N) is 1. The molecule has 2 heterocycles. The summed E-state index contributed by atoms with van der Waals surface area (Å²) in [5.41, 5.74) is 0.425. The normalized spacial score (nSPS) is 18.7. The number of benzene rings is 1. The second-order valence-electron chi connectivity index (χ2n) is 6.46. The predicted molar refractivity (Wildman–Crippen MR) is 91.8 cm³/mol. The monoisotopic (exact) mass is 383 g/mol. The van der Waals surface area contributed by atoms with Gasteiger partial charge in [-0.15, -0.1) is 0 Å². The fourth-order valence-electron chi connectivity index (χ4n) is 3.24. The van der Waals surface area contributed by atoms with Crippen LogP contribution in [0.25, 0.3) is 11.0 Å². The van der Waals surface area contributed by atoms with E-state index in [1.807, 2.05) is 4.90 Å². The average Bonchev–Trinajstić information content (AvgIpc) is 3.00. The highest BCUT2D eigenvalue weighted by Gasteiger charge is 2.39. The van der Waals surface area contributed by atoms with Gasteiger partial charge in [-0.05, 0) is 19.2 Å². The Morgan fingerprint density at radius 1 is 1.26 bits per heavy atom. The molecule has 1 fully saturated rings. The van der Waals surface area contributed by atoms with Crippen LogP contribution in [0.3, 0.4) is 0 Å². The van der Waals surface area contributed by atoms with Crippen molar-refractivity contribution in [1.29, 1.82) is 0 Å². The number of fused-ring (bicyclic) bond motifs is 1. The molecule has 1 aliphatic heterocycles. The quantitative estimate of drug-likeness (QED) is 0.857. The van der Waals surface area contributed by atoms with Gasteiger partial charge in [0.1, 0.15) is 12.6 Å². The van der Waals surface area contributed by atoms with Gasteiger partial charge in [0.2, 0.25) is 17.6 Å². The maximum Gasteiger partial charge on any atom is 0.449 e. The number of hydrogen-bond acceptors (Lipinski definition) is 4. The summed E-state index contributed by atoms with van der Waals surface area (Å²) in [6.07, 6.45) is -4.67. The van der Waals surface area contributed by atoms with Crippen LogP contribution in [0.2, 0.25) is 0 Å². The van der Waals surface area contributed by atoms with Crippen molar-refractivity contribution in [3.05, 3.63) is 30.1 Å². The Bertz CT molecular complexity index is 864. The zero-order chi connectivity index (χ0) is 19.8. The Kier molecular flexibility index (Phi) is 5.09. The van der Waals surface area contributed by atoms with E-state index in [4.69, 9.17) is 0 Å². The van der Waals surface area contributed by atoms with E-state index in [9.17, 15) is 22.8 Å². The smallest absolute Gasteiger partial charge is 0.358 e. The first-order valence-electron chi connectivity index (χ1n) is 8.44. The minimum atomic E-state index is -4.67. The standard InChI is InChI=1S/C17H20F3N5O2/c1-21-15(27)13-9-24(8-7-23(13)2)14(26)10-25-12-6-4-3-5-11(12)22-16(25)17(18,19)20/h3-6,13H,7-10H2,1-2H3,(H,21,27). The number of aromatic nitrogens is 2. The summed E-state index contributed by atoms with van der Waals surface area (Å²) in [5.74, 6) is -1.82. The first-order chi connectivity index (χ1) is 12.7. The number of likely N-dealkylation sites (N-methyl/N-ethyl adjacent to an activating group) is 2. The summed E-state index contributed by atoms with van der Waals surface area (Å²) in [6.45, 7) is 0.444. The molecule has 146 valence electrons. The molecule has 0 bridgehead atoms. The van der Waals surface area contributed by atoms with Gasteiger partial charge in [0, 0.05) is 26.7 Å². The predicted octanol–water partition coefficient (Wildman–Crippen LogP) is 0.944. The van der Waals surface area contributed by atoms with Crippen LogP contribution in [-0.2, 0) is 22.3 Å². The van der Waals surface area contributed by atoms with Gasteiger partial charge in [-0.1, -0.05) is 12.1 Å². The molecule has 1 aliphatic rings. The highest BCUT2D eigenvalue weighted by atomic mass is 19.4. The molecule has 0 spiro atoms. The third-order valence-corrected chi connectivity index (χ3v) is 4.75. The van der Waals surface area contributed by atoms with Crippen molar-refractivity contribution in [1.82, 2.24) is 24.7 Å². The lowest BCUT2D eigenvalue weighted by Crippen LogP contribution is -2.58. The molecule has 10 heteroatoms. The Labute approximate surface area is 153 Å². The van der Waals surface area contributed by atoms with Crippen molar-refractivity contribution in [3.8, 4) is 0 Å². The molecule has 0 saturated carbocycles. The molecule has 1 unspecified atom stereocenters. The van der Waals surface area contributed by atoms with Gasteiger partial charge >= 0.3 is 6.18 Å². The third-order valence-electron chi connectivity index (χ3n) is 4.75. The first kappa shape index (κ1) is 19.2. The van der Waals surface area contributed by atoms with E-state index in [1.165, 1.54) is 24.1 Å². The van der Waals surface area contributed by atoms with E-state index in [1.54, 1.807) is 19.2 Å². The van der Waals surface area contributed by atoms with Crippen LogP contribution in [0.5, 0.6) is 0 Å². The number of rotatable bonds is 3. The van der Waals surface area contributed by atoms with Crippen molar-refractivity contribution in [3.63, 3.8) is 0 Å². The number of carbonyl (C=O) groups excluding carboxylic acids is 2. The highest BCUT2D eigenvalue weighted by Crippen LogP contribution is 2.31. The van der Waals surface area contributed by atoms with E-state index in [-0.39, 0.29) is 23.5 Å². The van der Waals surface area contributed by atoms with Crippen molar-refractivity contribution in [2.75, 3.05) is 33.7 Å². The molecule has 1 atom stereocenters. The van der Waals surface area contributed by atoms with Gasteiger partial charge in [-0.2, -0.15) is 13.2 Å². The van der Waals surface area contributed by atoms with E-state index in [2.05, 4.69) is 10.3 Å². The molecular weight excluding hydrogens is 363 g/mol. The molecule has 1 N–H and O–H groups in total. The maximum absolute atomic E-state index is 13.4. The number of para-hydroxylation sites is 2. The SMILES string of the molecule is CNC(=O)C1CN(C(=O)Cn2c(C(F)(F)F)nc3ccccc32)CCN1C.